The van der Waals surface area contributed by atoms with E-state index in [9.17, 15) is 4.79 Å². The number of amides is 1. The summed E-state index contributed by atoms with van der Waals surface area (Å²) in [4.78, 5) is 24.1. The van der Waals surface area contributed by atoms with Gasteiger partial charge in [-0.15, -0.1) is 0 Å². The molecule has 0 N–H and O–H groups in total. The third kappa shape index (κ3) is 3.06. The molecule has 2 aromatic carbocycles. The Hall–Kier alpha value is -2.11. The molecule has 0 spiro atoms. The maximum absolute atomic E-state index is 13.0. The summed E-state index contributed by atoms with van der Waals surface area (Å²) in [5.74, 6) is 1.58. The maximum atomic E-state index is 13.0. The van der Waals surface area contributed by atoms with Gasteiger partial charge in [0.1, 0.15) is 11.9 Å². The van der Waals surface area contributed by atoms with Crippen molar-refractivity contribution in [3.8, 4) is 0 Å². The Bertz CT molecular complexity index is 921. The number of carbonyl (C=O) groups is 1. The average molecular weight is 384 g/mol. The molecule has 2 aliphatic heterocycles. The number of hydrogen-bond donors (Lipinski definition) is 0. The summed E-state index contributed by atoms with van der Waals surface area (Å²) in [6.07, 6.45) is 0. The van der Waals surface area contributed by atoms with Gasteiger partial charge in [-0.2, -0.15) is 0 Å². The second-order valence-corrected chi connectivity index (χ2v) is 8.02. The van der Waals surface area contributed by atoms with Crippen molar-refractivity contribution >= 4 is 46.0 Å². The van der Waals surface area contributed by atoms with Gasteiger partial charge >= 0.3 is 0 Å². The van der Waals surface area contributed by atoms with Gasteiger partial charge in [0.15, 0.2) is 5.17 Å². The second-order valence-electron chi connectivity index (χ2n) is 6.64. The number of aliphatic imine (C=N–C) groups is 2. The largest absolute Gasteiger partial charge is 0.271 e. The number of carbonyl (C=O) groups excluding carboxylic acids is 1. The number of thioether (sulfide) groups is 1. The van der Waals surface area contributed by atoms with Crippen LogP contribution in [0.5, 0.6) is 0 Å². The van der Waals surface area contributed by atoms with Gasteiger partial charge in [0, 0.05) is 16.3 Å². The third-order valence-corrected chi connectivity index (χ3v) is 5.67. The number of benzene rings is 2. The van der Waals surface area contributed by atoms with Gasteiger partial charge in [-0.25, -0.2) is 9.89 Å². The predicted octanol–water partition coefficient (Wildman–Crippen LogP) is 4.89. The van der Waals surface area contributed by atoms with E-state index in [0.717, 1.165) is 22.6 Å². The number of amidine groups is 2. The molecule has 0 aromatic heterocycles. The fraction of sp³-hybridized carbons (Fsp3) is 0.250. The highest BCUT2D eigenvalue weighted by Gasteiger charge is 2.42. The highest BCUT2D eigenvalue weighted by atomic mass is 35.5. The van der Waals surface area contributed by atoms with Crippen LogP contribution in [-0.4, -0.2) is 27.9 Å². The Balaban J connectivity index is 1.68. The second kappa shape index (κ2) is 6.89. The van der Waals surface area contributed by atoms with Crippen LogP contribution in [0.3, 0.4) is 0 Å². The van der Waals surface area contributed by atoms with E-state index in [1.807, 2.05) is 62.4 Å². The number of hydrogen-bond acceptors (Lipinski definition) is 4. The predicted molar refractivity (Wildman–Crippen MR) is 108 cm³/mol. The molecule has 0 unspecified atom stereocenters. The highest BCUT2D eigenvalue weighted by molar-refractivity contribution is 8.13. The van der Waals surface area contributed by atoms with E-state index >= 15 is 0 Å². The van der Waals surface area contributed by atoms with Crippen molar-refractivity contribution in [3.63, 3.8) is 0 Å². The monoisotopic (exact) mass is 383 g/mol. The standard InChI is InChI=1S/C20H18ClN3OS/c1-12(2)17-19(25)24-18(23-17)15-5-3-4-6-16(15)22-20(24)26-11-13-7-9-14(21)10-8-13/h3-10,12,17H,11H2,1-2H3/t17-/m0/s1. The van der Waals surface area contributed by atoms with Crippen LogP contribution in [0.1, 0.15) is 25.0 Å². The maximum Gasteiger partial charge on any atom is 0.259 e. The summed E-state index contributed by atoms with van der Waals surface area (Å²) in [5.41, 5.74) is 2.91. The normalized spacial score (nSPS) is 18.5. The molecule has 1 amide bonds. The Kier molecular flexibility index (Phi) is 4.59. The first-order chi connectivity index (χ1) is 12.5. The van der Waals surface area contributed by atoms with Gasteiger partial charge in [0.25, 0.3) is 5.91 Å². The van der Waals surface area contributed by atoms with E-state index in [4.69, 9.17) is 21.6 Å². The molecule has 6 heteroatoms. The lowest BCUT2D eigenvalue weighted by Gasteiger charge is -2.25. The van der Waals surface area contributed by atoms with Gasteiger partial charge < -0.3 is 0 Å². The smallest absolute Gasteiger partial charge is 0.259 e. The van der Waals surface area contributed by atoms with Crippen LogP contribution in [0, 0.1) is 5.92 Å². The average Bonchev–Trinajstić information content (AvgIpc) is 2.99. The lowest BCUT2D eigenvalue weighted by atomic mass is 10.1. The first kappa shape index (κ1) is 17.3. The minimum absolute atomic E-state index is 0.00635. The third-order valence-electron chi connectivity index (χ3n) is 4.41. The number of rotatable bonds is 3. The molecule has 132 valence electrons. The molecule has 2 aromatic rings. The van der Waals surface area contributed by atoms with Crippen LogP contribution in [0.15, 0.2) is 58.5 Å². The topological polar surface area (TPSA) is 45.0 Å². The fourth-order valence-corrected chi connectivity index (χ4v) is 4.11. The molecule has 0 bridgehead atoms. The first-order valence-corrected chi connectivity index (χ1v) is 9.88. The Morgan fingerprint density at radius 3 is 2.62 bits per heavy atom. The van der Waals surface area contributed by atoms with Crippen LogP contribution >= 0.6 is 23.4 Å². The minimum atomic E-state index is -0.350. The van der Waals surface area contributed by atoms with E-state index in [1.54, 1.807) is 16.7 Å². The Labute approximate surface area is 162 Å². The number of nitrogens with zero attached hydrogens (tertiary/aromatic N) is 3. The van der Waals surface area contributed by atoms with Crippen molar-refractivity contribution in [3.05, 3.63) is 64.7 Å². The van der Waals surface area contributed by atoms with Crippen molar-refractivity contribution in [2.24, 2.45) is 15.9 Å². The van der Waals surface area contributed by atoms with E-state index in [-0.39, 0.29) is 17.9 Å². The van der Waals surface area contributed by atoms with Crippen LogP contribution in [0.25, 0.3) is 0 Å². The molecule has 26 heavy (non-hydrogen) atoms. The zero-order valence-electron chi connectivity index (χ0n) is 14.5. The lowest BCUT2D eigenvalue weighted by Crippen LogP contribution is -2.41. The van der Waals surface area contributed by atoms with Gasteiger partial charge in [-0.3, -0.25) is 9.79 Å². The minimum Gasteiger partial charge on any atom is -0.271 e. The molecule has 4 rings (SSSR count). The molecule has 0 fully saturated rings. The van der Waals surface area contributed by atoms with Crippen LogP contribution in [0.2, 0.25) is 5.02 Å². The summed E-state index contributed by atoms with van der Waals surface area (Å²) < 4.78 is 0. The van der Waals surface area contributed by atoms with E-state index in [1.165, 1.54) is 0 Å². The molecular weight excluding hydrogens is 366 g/mol. The van der Waals surface area contributed by atoms with Crippen molar-refractivity contribution in [1.29, 1.82) is 0 Å². The molecule has 0 saturated carbocycles. The van der Waals surface area contributed by atoms with Gasteiger partial charge in [0.2, 0.25) is 0 Å². The van der Waals surface area contributed by atoms with Crippen LogP contribution in [-0.2, 0) is 10.5 Å². The van der Waals surface area contributed by atoms with E-state index in [0.29, 0.717) is 15.9 Å². The molecule has 1 atom stereocenters. The van der Waals surface area contributed by atoms with E-state index in [2.05, 4.69) is 0 Å². The molecule has 2 heterocycles. The summed E-state index contributed by atoms with van der Waals surface area (Å²) >= 11 is 7.50. The number of halogens is 1. The van der Waals surface area contributed by atoms with Gasteiger partial charge in [-0.1, -0.05) is 61.5 Å². The van der Waals surface area contributed by atoms with Crippen molar-refractivity contribution in [2.45, 2.75) is 25.6 Å². The summed E-state index contributed by atoms with van der Waals surface area (Å²) in [6.45, 7) is 4.04. The van der Waals surface area contributed by atoms with Crippen LogP contribution in [0.4, 0.5) is 5.69 Å². The molecule has 0 aliphatic carbocycles. The fourth-order valence-electron chi connectivity index (χ4n) is 3.03. The lowest BCUT2D eigenvalue weighted by molar-refractivity contribution is -0.125. The van der Waals surface area contributed by atoms with Gasteiger partial charge in [-0.05, 0) is 35.7 Å². The Morgan fingerprint density at radius 2 is 1.88 bits per heavy atom. The SMILES string of the molecule is CC(C)[C@@H]1N=C2c3ccccc3N=C(SCc3ccc(Cl)cc3)N2C1=O. The van der Waals surface area contributed by atoms with Crippen molar-refractivity contribution < 1.29 is 4.79 Å². The number of fused-ring (bicyclic) bond motifs is 3. The zero-order chi connectivity index (χ0) is 18.3. The highest BCUT2D eigenvalue weighted by Crippen LogP contribution is 2.35. The van der Waals surface area contributed by atoms with Gasteiger partial charge in [0.05, 0.1) is 5.69 Å². The summed E-state index contributed by atoms with van der Waals surface area (Å²) in [7, 11) is 0. The zero-order valence-corrected chi connectivity index (χ0v) is 16.1. The molecule has 2 aliphatic rings. The summed E-state index contributed by atoms with van der Waals surface area (Å²) in [5, 5.41) is 1.40. The Morgan fingerprint density at radius 1 is 1.15 bits per heavy atom. The molecule has 4 nitrogen and oxygen atoms in total. The van der Waals surface area contributed by atoms with Crippen molar-refractivity contribution in [2.75, 3.05) is 0 Å². The quantitative estimate of drug-likeness (QED) is 0.757. The van der Waals surface area contributed by atoms with E-state index < -0.39 is 0 Å². The van der Waals surface area contributed by atoms with Crippen molar-refractivity contribution in [1.82, 2.24) is 4.90 Å². The molecule has 0 saturated heterocycles. The molecular formula is C20H18ClN3OS. The summed E-state index contributed by atoms with van der Waals surface area (Å²) in [6, 6.07) is 15.2. The van der Waals surface area contributed by atoms with Crippen LogP contribution < -0.4 is 0 Å². The first-order valence-electron chi connectivity index (χ1n) is 8.51. The molecule has 0 radical (unpaired) electrons. The number of para-hydroxylation sites is 1.